The van der Waals surface area contributed by atoms with Gasteiger partial charge in [0.1, 0.15) is 0 Å². The summed E-state index contributed by atoms with van der Waals surface area (Å²) in [6.45, 7) is 3.86. The number of nitrogens with two attached hydrogens (primary N) is 1. The van der Waals surface area contributed by atoms with E-state index in [1.54, 1.807) is 6.92 Å². The van der Waals surface area contributed by atoms with Crippen LogP contribution in [0.25, 0.3) is 0 Å². The van der Waals surface area contributed by atoms with Gasteiger partial charge >= 0.3 is 5.97 Å². The van der Waals surface area contributed by atoms with Gasteiger partial charge in [-0.25, -0.2) is 0 Å². The molecule has 1 rings (SSSR count). The van der Waals surface area contributed by atoms with E-state index in [0.29, 0.717) is 5.92 Å². The van der Waals surface area contributed by atoms with Crippen molar-refractivity contribution in [2.24, 2.45) is 23.5 Å². The van der Waals surface area contributed by atoms with Crippen molar-refractivity contribution >= 4 is 5.97 Å². The van der Waals surface area contributed by atoms with Crippen LogP contribution in [-0.4, -0.2) is 17.1 Å². The van der Waals surface area contributed by atoms with Crippen LogP contribution in [0, 0.1) is 17.8 Å². The molecule has 0 spiro atoms. The van der Waals surface area contributed by atoms with Gasteiger partial charge in [-0.05, 0) is 31.1 Å². The predicted molar refractivity (Wildman–Crippen MR) is 51.3 cm³/mol. The Morgan fingerprint density at radius 1 is 1.54 bits per heavy atom. The Bertz CT molecular complexity index is 189. The molecule has 3 nitrogen and oxygen atoms in total. The Hall–Kier alpha value is -0.570. The number of rotatable bonds is 5. The van der Waals surface area contributed by atoms with Crippen molar-refractivity contribution < 1.29 is 9.90 Å². The summed E-state index contributed by atoms with van der Waals surface area (Å²) >= 11 is 0. The van der Waals surface area contributed by atoms with Gasteiger partial charge in [-0.2, -0.15) is 0 Å². The smallest absolute Gasteiger partial charge is 0.307 e. The fourth-order valence-electron chi connectivity index (χ4n) is 1.67. The van der Waals surface area contributed by atoms with Crippen LogP contribution in [0.5, 0.6) is 0 Å². The highest BCUT2D eigenvalue weighted by atomic mass is 16.4. The minimum Gasteiger partial charge on any atom is -0.481 e. The van der Waals surface area contributed by atoms with Gasteiger partial charge in [0.05, 0.1) is 5.92 Å². The van der Waals surface area contributed by atoms with E-state index >= 15 is 0 Å². The van der Waals surface area contributed by atoms with E-state index in [1.165, 1.54) is 12.8 Å². The first kappa shape index (κ1) is 10.5. The summed E-state index contributed by atoms with van der Waals surface area (Å²) in [6, 6.07) is -0.187. The molecule has 1 saturated carbocycles. The van der Waals surface area contributed by atoms with Crippen LogP contribution in [0.2, 0.25) is 0 Å². The quantitative estimate of drug-likeness (QED) is 0.681. The molecule has 0 saturated heterocycles. The van der Waals surface area contributed by atoms with E-state index in [2.05, 4.69) is 6.92 Å². The normalized spacial score (nSPS) is 23.6. The molecule has 1 aliphatic rings. The van der Waals surface area contributed by atoms with Crippen LogP contribution in [-0.2, 0) is 4.79 Å². The maximum atomic E-state index is 10.6. The molecule has 0 amide bonds. The second-order valence-corrected chi connectivity index (χ2v) is 4.34. The lowest BCUT2D eigenvalue weighted by molar-refractivity contribution is -0.141. The zero-order valence-corrected chi connectivity index (χ0v) is 8.36. The molecule has 0 aromatic carbocycles. The highest BCUT2D eigenvalue weighted by Gasteiger charge is 2.31. The lowest BCUT2D eigenvalue weighted by Crippen LogP contribution is -2.35. The van der Waals surface area contributed by atoms with E-state index in [9.17, 15) is 4.79 Å². The highest BCUT2D eigenvalue weighted by Crippen LogP contribution is 2.38. The van der Waals surface area contributed by atoms with Crippen LogP contribution in [0.4, 0.5) is 0 Å². The van der Waals surface area contributed by atoms with Crippen LogP contribution in [0.3, 0.4) is 0 Å². The Labute approximate surface area is 79.3 Å². The third-order valence-electron chi connectivity index (χ3n) is 3.10. The van der Waals surface area contributed by atoms with Crippen LogP contribution in [0.15, 0.2) is 0 Å². The molecule has 0 aromatic rings. The molecule has 3 unspecified atom stereocenters. The first-order valence-corrected chi connectivity index (χ1v) is 5.00. The van der Waals surface area contributed by atoms with E-state index in [4.69, 9.17) is 10.8 Å². The number of carboxylic acid groups (broad SMARTS) is 1. The number of hydrogen-bond donors (Lipinski definition) is 2. The molecule has 3 heteroatoms. The highest BCUT2D eigenvalue weighted by molar-refractivity contribution is 5.70. The lowest BCUT2D eigenvalue weighted by atomic mass is 9.91. The molecule has 1 aliphatic carbocycles. The van der Waals surface area contributed by atoms with Crippen molar-refractivity contribution in [1.82, 2.24) is 0 Å². The Morgan fingerprint density at radius 2 is 2.08 bits per heavy atom. The summed E-state index contributed by atoms with van der Waals surface area (Å²) in [7, 11) is 0. The van der Waals surface area contributed by atoms with Crippen LogP contribution < -0.4 is 5.73 Å². The van der Waals surface area contributed by atoms with E-state index in [1.807, 2.05) is 0 Å². The topological polar surface area (TPSA) is 63.3 Å². The molecule has 0 aliphatic heterocycles. The van der Waals surface area contributed by atoms with Crippen molar-refractivity contribution in [3.63, 3.8) is 0 Å². The van der Waals surface area contributed by atoms with E-state index in [0.717, 1.165) is 12.3 Å². The molecular weight excluding hydrogens is 166 g/mol. The fraction of sp³-hybridized carbons (Fsp3) is 0.900. The Balaban J connectivity index is 2.30. The molecule has 13 heavy (non-hydrogen) atoms. The second-order valence-electron chi connectivity index (χ2n) is 4.34. The molecule has 3 atom stereocenters. The number of aliphatic carboxylic acids is 1. The average molecular weight is 185 g/mol. The van der Waals surface area contributed by atoms with Gasteiger partial charge in [-0.3, -0.25) is 4.79 Å². The van der Waals surface area contributed by atoms with E-state index < -0.39 is 11.9 Å². The average Bonchev–Trinajstić information content (AvgIpc) is 2.84. The zero-order chi connectivity index (χ0) is 10.0. The van der Waals surface area contributed by atoms with Crippen molar-refractivity contribution in [3.8, 4) is 0 Å². The summed E-state index contributed by atoms with van der Waals surface area (Å²) in [5, 5.41) is 8.74. The van der Waals surface area contributed by atoms with Crippen LogP contribution >= 0.6 is 0 Å². The van der Waals surface area contributed by atoms with Gasteiger partial charge in [0.25, 0.3) is 0 Å². The van der Waals surface area contributed by atoms with Gasteiger partial charge in [-0.15, -0.1) is 0 Å². The van der Waals surface area contributed by atoms with Gasteiger partial charge in [0.15, 0.2) is 0 Å². The van der Waals surface area contributed by atoms with Crippen molar-refractivity contribution in [2.75, 3.05) is 0 Å². The third-order valence-corrected chi connectivity index (χ3v) is 3.10. The first-order chi connectivity index (χ1) is 6.02. The molecule has 0 bridgehead atoms. The minimum atomic E-state index is -0.782. The summed E-state index contributed by atoms with van der Waals surface area (Å²) < 4.78 is 0. The SMILES string of the molecule is CC(CC(N)C(C)C(=O)O)C1CC1. The molecule has 0 radical (unpaired) electrons. The maximum absolute atomic E-state index is 10.6. The number of carbonyl (C=O) groups is 1. The second kappa shape index (κ2) is 4.09. The standard InChI is InChI=1S/C10H19NO2/c1-6(8-3-4-8)5-9(11)7(2)10(12)13/h6-9H,3-5,11H2,1-2H3,(H,12,13). The van der Waals surface area contributed by atoms with Crippen molar-refractivity contribution in [2.45, 2.75) is 39.2 Å². The maximum Gasteiger partial charge on any atom is 0.307 e. The first-order valence-electron chi connectivity index (χ1n) is 5.00. The number of carboxylic acids is 1. The summed E-state index contributed by atoms with van der Waals surface area (Å²) in [6.07, 6.45) is 3.45. The van der Waals surface area contributed by atoms with Crippen LogP contribution in [0.1, 0.15) is 33.1 Å². The predicted octanol–water partition coefficient (Wildman–Crippen LogP) is 1.47. The monoisotopic (exact) mass is 185 g/mol. The Kier molecular flexibility index (Phi) is 3.31. The summed E-state index contributed by atoms with van der Waals surface area (Å²) in [5.41, 5.74) is 5.80. The summed E-state index contributed by atoms with van der Waals surface area (Å²) in [4.78, 5) is 10.6. The minimum absolute atomic E-state index is 0.187. The molecular formula is C10H19NO2. The molecule has 0 heterocycles. The van der Waals surface area contributed by atoms with Crippen molar-refractivity contribution in [3.05, 3.63) is 0 Å². The third kappa shape index (κ3) is 2.99. The molecule has 1 fully saturated rings. The van der Waals surface area contributed by atoms with Crippen molar-refractivity contribution in [1.29, 1.82) is 0 Å². The molecule has 76 valence electrons. The molecule has 3 N–H and O–H groups in total. The number of hydrogen-bond acceptors (Lipinski definition) is 2. The van der Waals surface area contributed by atoms with E-state index in [-0.39, 0.29) is 6.04 Å². The van der Waals surface area contributed by atoms with Gasteiger partial charge in [-0.1, -0.05) is 13.8 Å². The summed E-state index contributed by atoms with van der Waals surface area (Å²) in [5.74, 6) is 0.209. The lowest BCUT2D eigenvalue weighted by Gasteiger charge is -2.19. The van der Waals surface area contributed by atoms with Gasteiger partial charge in [0.2, 0.25) is 0 Å². The fourth-order valence-corrected chi connectivity index (χ4v) is 1.67. The van der Waals surface area contributed by atoms with Gasteiger partial charge in [0, 0.05) is 6.04 Å². The van der Waals surface area contributed by atoms with Gasteiger partial charge < -0.3 is 10.8 Å². The Morgan fingerprint density at radius 3 is 2.46 bits per heavy atom. The largest absolute Gasteiger partial charge is 0.481 e. The zero-order valence-electron chi connectivity index (χ0n) is 8.36. The molecule has 0 aromatic heterocycles.